The molecule has 1 unspecified atom stereocenters. The molecule has 3 aliphatic rings. The lowest BCUT2D eigenvalue weighted by Gasteiger charge is -2.58. The second-order valence-corrected chi connectivity index (χ2v) is 7.88. The zero-order chi connectivity index (χ0) is 16.1. The number of rotatable bonds is 5. The average molecular weight is 341 g/mol. The second kappa shape index (κ2) is 8.38. The fourth-order valence-electron chi connectivity index (χ4n) is 4.94. The van der Waals surface area contributed by atoms with E-state index in [4.69, 9.17) is 0 Å². The summed E-state index contributed by atoms with van der Waals surface area (Å²) in [7, 11) is 1.27. The molecule has 0 aromatic heterocycles. The van der Waals surface area contributed by atoms with Crippen molar-refractivity contribution in [2.24, 2.45) is 0 Å². The Morgan fingerprint density at radius 1 is 0.783 bits per heavy atom. The average Bonchev–Trinajstić information content (AvgIpc) is 2.65. The lowest BCUT2D eigenvalue weighted by Crippen LogP contribution is -2.74. The molecule has 0 radical (unpaired) electrons. The molecule has 3 fully saturated rings. The van der Waals surface area contributed by atoms with Gasteiger partial charge in [0.15, 0.2) is 0 Å². The summed E-state index contributed by atoms with van der Waals surface area (Å²) in [6, 6.07) is 1.95. The van der Waals surface area contributed by atoms with Crippen LogP contribution in [0.2, 0.25) is 6.04 Å². The Bertz CT molecular complexity index is 332. The molecular formula is C16H36N6Si. The summed E-state index contributed by atoms with van der Waals surface area (Å²) in [6.45, 7) is 16.5. The molecule has 0 aromatic rings. The van der Waals surface area contributed by atoms with Crippen molar-refractivity contribution in [1.82, 2.24) is 30.7 Å². The van der Waals surface area contributed by atoms with Crippen LogP contribution in [0.1, 0.15) is 6.92 Å². The molecule has 134 valence electrons. The van der Waals surface area contributed by atoms with E-state index in [0.29, 0.717) is 6.04 Å². The van der Waals surface area contributed by atoms with E-state index in [0.717, 1.165) is 39.3 Å². The fourth-order valence-corrected chi connectivity index (χ4v) is 6.42. The highest BCUT2D eigenvalue weighted by atomic mass is 28.1. The van der Waals surface area contributed by atoms with Crippen molar-refractivity contribution in [3.63, 3.8) is 0 Å². The van der Waals surface area contributed by atoms with E-state index in [9.17, 15) is 0 Å². The zero-order valence-electron chi connectivity index (χ0n) is 15.1. The van der Waals surface area contributed by atoms with Gasteiger partial charge in [0.1, 0.15) is 0 Å². The summed E-state index contributed by atoms with van der Waals surface area (Å²) < 4.78 is 0. The van der Waals surface area contributed by atoms with Crippen LogP contribution < -0.4 is 16.0 Å². The summed E-state index contributed by atoms with van der Waals surface area (Å²) in [6.07, 6.45) is 0. The summed E-state index contributed by atoms with van der Waals surface area (Å²) in [4.78, 5) is 8.40. The van der Waals surface area contributed by atoms with Crippen LogP contribution in [0.15, 0.2) is 0 Å². The number of hydrogen-bond acceptors (Lipinski definition) is 6. The molecule has 3 saturated heterocycles. The maximum atomic E-state index is 3.55. The van der Waals surface area contributed by atoms with Crippen LogP contribution in [-0.4, -0.2) is 115 Å². The molecule has 0 aliphatic carbocycles. The van der Waals surface area contributed by atoms with E-state index in [1.54, 1.807) is 0 Å². The summed E-state index contributed by atoms with van der Waals surface area (Å²) in [5.41, 5.74) is 0.244. The highest BCUT2D eigenvalue weighted by Gasteiger charge is 2.47. The minimum Gasteiger partial charge on any atom is -0.314 e. The summed E-state index contributed by atoms with van der Waals surface area (Å²) in [5.74, 6) is 0. The summed E-state index contributed by atoms with van der Waals surface area (Å²) >= 11 is 0. The lowest BCUT2D eigenvalue weighted by molar-refractivity contribution is -0.108. The number of hydrogen-bond donors (Lipinski definition) is 3. The van der Waals surface area contributed by atoms with Crippen molar-refractivity contribution in [2.45, 2.75) is 24.7 Å². The first-order valence-electron chi connectivity index (χ1n) is 9.65. The van der Waals surface area contributed by atoms with Gasteiger partial charge < -0.3 is 16.0 Å². The smallest absolute Gasteiger partial charge is 0.0864 e. The topological polar surface area (TPSA) is 45.8 Å². The van der Waals surface area contributed by atoms with Gasteiger partial charge in [0.05, 0.1) is 5.66 Å². The second-order valence-electron chi connectivity index (χ2n) is 7.17. The molecule has 0 saturated carbocycles. The Balaban J connectivity index is 1.85. The first-order valence-corrected chi connectivity index (χ1v) is 11.1. The van der Waals surface area contributed by atoms with E-state index in [1.165, 1.54) is 55.6 Å². The fraction of sp³-hybridized carbons (Fsp3) is 1.00. The van der Waals surface area contributed by atoms with Crippen LogP contribution >= 0.6 is 0 Å². The molecule has 6 nitrogen and oxygen atoms in total. The van der Waals surface area contributed by atoms with Crippen LogP contribution in [0.4, 0.5) is 0 Å². The van der Waals surface area contributed by atoms with Gasteiger partial charge in [-0.05, 0) is 13.0 Å². The van der Waals surface area contributed by atoms with Crippen LogP contribution in [0.3, 0.4) is 0 Å². The van der Waals surface area contributed by atoms with Gasteiger partial charge in [-0.3, -0.25) is 14.7 Å². The number of piperazine rings is 3. The van der Waals surface area contributed by atoms with Gasteiger partial charge in [-0.2, -0.15) is 0 Å². The Morgan fingerprint density at radius 2 is 1.17 bits per heavy atom. The van der Waals surface area contributed by atoms with Crippen molar-refractivity contribution >= 4 is 10.2 Å². The highest BCUT2D eigenvalue weighted by molar-refractivity contribution is 6.09. The minimum absolute atomic E-state index is 0.244. The Kier molecular flexibility index (Phi) is 6.48. The molecule has 23 heavy (non-hydrogen) atoms. The molecule has 3 aliphatic heterocycles. The van der Waals surface area contributed by atoms with Gasteiger partial charge >= 0.3 is 0 Å². The van der Waals surface area contributed by atoms with Crippen LogP contribution in [0.25, 0.3) is 0 Å². The maximum absolute atomic E-state index is 3.55. The molecule has 3 heterocycles. The normalized spacial score (nSPS) is 28.0. The van der Waals surface area contributed by atoms with Gasteiger partial charge in [-0.25, -0.2) is 0 Å². The molecular weight excluding hydrogens is 304 g/mol. The molecule has 3 rings (SSSR count). The van der Waals surface area contributed by atoms with Gasteiger partial charge in [0, 0.05) is 94.8 Å². The standard InChI is InChI=1S/C16H36N6Si/c1-15(20-8-2-17-3-9-20)16(14-23,21-10-4-18-5-11-21)22-12-6-19-7-13-22/h15,17-19H,2-14H2,1,23H3. The minimum atomic E-state index is 0.244. The Morgan fingerprint density at radius 3 is 1.57 bits per heavy atom. The molecule has 3 N–H and O–H groups in total. The predicted molar refractivity (Wildman–Crippen MR) is 100 cm³/mol. The molecule has 0 aromatic carbocycles. The van der Waals surface area contributed by atoms with Gasteiger partial charge in [0.2, 0.25) is 0 Å². The lowest BCUT2D eigenvalue weighted by atomic mass is 9.94. The predicted octanol–water partition coefficient (Wildman–Crippen LogP) is -2.43. The van der Waals surface area contributed by atoms with Crippen molar-refractivity contribution in [2.75, 3.05) is 78.5 Å². The first-order chi connectivity index (χ1) is 11.3. The van der Waals surface area contributed by atoms with Gasteiger partial charge in [-0.1, -0.05) is 0 Å². The zero-order valence-corrected chi connectivity index (χ0v) is 17.1. The third-order valence-electron chi connectivity index (χ3n) is 6.22. The third-order valence-corrected chi connectivity index (χ3v) is 7.26. The van der Waals surface area contributed by atoms with E-state index in [1.807, 2.05) is 0 Å². The van der Waals surface area contributed by atoms with Crippen molar-refractivity contribution in [3.8, 4) is 0 Å². The molecule has 7 heteroatoms. The maximum Gasteiger partial charge on any atom is 0.0864 e. The summed E-state index contributed by atoms with van der Waals surface area (Å²) in [5, 5.41) is 10.6. The Labute approximate surface area is 144 Å². The van der Waals surface area contributed by atoms with Crippen molar-refractivity contribution in [1.29, 1.82) is 0 Å². The molecule has 1 atom stereocenters. The number of nitrogens with zero attached hydrogens (tertiary/aromatic N) is 3. The van der Waals surface area contributed by atoms with Gasteiger partial charge in [-0.15, -0.1) is 0 Å². The molecule has 0 spiro atoms. The van der Waals surface area contributed by atoms with E-state index >= 15 is 0 Å². The molecule has 0 amide bonds. The number of nitrogens with one attached hydrogen (secondary N) is 3. The van der Waals surface area contributed by atoms with Crippen LogP contribution in [-0.2, 0) is 0 Å². The van der Waals surface area contributed by atoms with Crippen LogP contribution in [0, 0.1) is 0 Å². The van der Waals surface area contributed by atoms with Crippen LogP contribution in [0.5, 0.6) is 0 Å². The van der Waals surface area contributed by atoms with E-state index in [2.05, 4.69) is 37.6 Å². The van der Waals surface area contributed by atoms with E-state index in [-0.39, 0.29) is 5.66 Å². The monoisotopic (exact) mass is 340 g/mol. The van der Waals surface area contributed by atoms with Gasteiger partial charge in [0.25, 0.3) is 0 Å². The quantitative estimate of drug-likeness (QED) is 0.484. The molecule has 0 bridgehead atoms. The third kappa shape index (κ3) is 3.66. The first kappa shape index (κ1) is 17.8. The largest absolute Gasteiger partial charge is 0.314 e. The SMILES string of the molecule is CC(N1CCNCC1)C(C[SiH3])(N1CCNCC1)N1CCNCC1. The van der Waals surface area contributed by atoms with Crippen molar-refractivity contribution in [3.05, 3.63) is 0 Å². The van der Waals surface area contributed by atoms with Crippen molar-refractivity contribution < 1.29 is 0 Å². The Hall–Kier alpha value is -0.0231. The van der Waals surface area contributed by atoms with E-state index < -0.39 is 0 Å². The highest BCUT2D eigenvalue weighted by Crippen LogP contribution is 2.32.